The zero-order valence-corrected chi connectivity index (χ0v) is 15.7. The van der Waals surface area contributed by atoms with Gasteiger partial charge in [0.1, 0.15) is 11.4 Å². The summed E-state index contributed by atoms with van der Waals surface area (Å²) in [6.07, 6.45) is 0. The average molecular weight is 380 g/mol. The van der Waals surface area contributed by atoms with E-state index in [4.69, 9.17) is 16.3 Å². The highest BCUT2D eigenvalue weighted by Crippen LogP contribution is 2.28. The molecule has 0 saturated heterocycles. The molecule has 1 N–H and O–H groups in total. The number of rotatable bonds is 4. The summed E-state index contributed by atoms with van der Waals surface area (Å²) < 4.78 is 6.90. The van der Waals surface area contributed by atoms with Gasteiger partial charge in [-0.3, -0.25) is 9.48 Å². The molecule has 0 bridgehead atoms. The number of aromatic nitrogens is 2. The Kier molecular flexibility index (Phi) is 5.80. The number of halogens is 1. The van der Waals surface area contributed by atoms with Gasteiger partial charge in [-0.1, -0.05) is 47.7 Å². The Labute approximate surface area is 162 Å². The third-order valence-corrected chi connectivity index (χ3v) is 4.26. The molecule has 6 heteroatoms. The lowest BCUT2D eigenvalue weighted by atomic mass is 10.1. The second-order valence-corrected chi connectivity index (χ2v) is 6.11. The number of nitrogens with one attached hydrogen (secondary N) is 1. The van der Waals surface area contributed by atoms with E-state index in [0.29, 0.717) is 22.2 Å². The number of carbonyl (C=O) groups is 1. The Morgan fingerprint density at radius 1 is 1.22 bits per heavy atom. The molecule has 0 fully saturated rings. The van der Waals surface area contributed by atoms with Gasteiger partial charge in [0.25, 0.3) is 5.91 Å². The first kappa shape index (κ1) is 18.6. The molecule has 0 spiro atoms. The zero-order valence-electron chi connectivity index (χ0n) is 15.0. The summed E-state index contributed by atoms with van der Waals surface area (Å²) in [5, 5.41) is 7.78. The van der Waals surface area contributed by atoms with Crippen LogP contribution in [0.5, 0.6) is 5.75 Å². The molecule has 0 aliphatic carbocycles. The van der Waals surface area contributed by atoms with Gasteiger partial charge in [0, 0.05) is 18.2 Å². The van der Waals surface area contributed by atoms with Crippen LogP contribution in [0.1, 0.15) is 16.1 Å². The van der Waals surface area contributed by atoms with Gasteiger partial charge in [0.05, 0.1) is 24.4 Å². The van der Waals surface area contributed by atoms with Crippen LogP contribution in [0, 0.1) is 11.8 Å². The number of methoxy groups -OCH3 is 1. The van der Waals surface area contributed by atoms with Crippen LogP contribution in [0.4, 0.5) is 0 Å². The van der Waals surface area contributed by atoms with Crippen molar-refractivity contribution >= 4 is 17.5 Å². The third kappa shape index (κ3) is 4.30. The van der Waals surface area contributed by atoms with Crippen LogP contribution in [-0.4, -0.2) is 29.3 Å². The molecule has 5 nitrogen and oxygen atoms in total. The largest absolute Gasteiger partial charge is 0.496 e. The van der Waals surface area contributed by atoms with Crippen molar-refractivity contribution in [1.82, 2.24) is 15.1 Å². The third-order valence-electron chi connectivity index (χ3n) is 3.93. The van der Waals surface area contributed by atoms with E-state index >= 15 is 0 Å². The molecule has 2 aromatic carbocycles. The van der Waals surface area contributed by atoms with Crippen molar-refractivity contribution in [3.8, 4) is 28.8 Å². The van der Waals surface area contributed by atoms with E-state index in [1.807, 2.05) is 42.5 Å². The number of para-hydroxylation sites is 1. The minimum atomic E-state index is -0.250. The van der Waals surface area contributed by atoms with Crippen molar-refractivity contribution in [1.29, 1.82) is 0 Å². The van der Waals surface area contributed by atoms with Crippen LogP contribution in [0.3, 0.4) is 0 Å². The van der Waals surface area contributed by atoms with E-state index in [2.05, 4.69) is 22.3 Å². The first-order valence-corrected chi connectivity index (χ1v) is 8.67. The van der Waals surface area contributed by atoms with Crippen LogP contribution in [-0.2, 0) is 7.05 Å². The quantitative estimate of drug-likeness (QED) is 0.705. The highest BCUT2D eigenvalue weighted by molar-refractivity contribution is 6.31. The highest BCUT2D eigenvalue weighted by Gasteiger charge is 2.15. The van der Waals surface area contributed by atoms with Gasteiger partial charge in [-0.2, -0.15) is 5.10 Å². The lowest BCUT2D eigenvalue weighted by molar-refractivity contribution is 0.0949. The molecule has 0 aliphatic heterocycles. The van der Waals surface area contributed by atoms with Crippen molar-refractivity contribution < 1.29 is 9.53 Å². The summed E-state index contributed by atoms with van der Waals surface area (Å²) in [6.45, 7) is 0.208. The van der Waals surface area contributed by atoms with E-state index in [-0.39, 0.29) is 12.5 Å². The van der Waals surface area contributed by atoms with Crippen LogP contribution in [0.25, 0.3) is 11.3 Å². The fraction of sp³-hybridized carbons (Fsp3) is 0.143. The van der Waals surface area contributed by atoms with Gasteiger partial charge in [-0.05, 0) is 30.3 Å². The van der Waals surface area contributed by atoms with E-state index < -0.39 is 0 Å². The molecular formula is C21H18ClN3O2. The zero-order chi connectivity index (χ0) is 19.2. The van der Waals surface area contributed by atoms with E-state index in [9.17, 15) is 4.79 Å². The van der Waals surface area contributed by atoms with E-state index in [1.54, 1.807) is 31.0 Å². The molecule has 0 unspecified atom stereocenters. The fourth-order valence-corrected chi connectivity index (χ4v) is 2.77. The predicted octanol–water partition coefficient (Wildman–Crippen LogP) is 3.53. The van der Waals surface area contributed by atoms with Gasteiger partial charge < -0.3 is 10.1 Å². The highest BCUT2D eigenvalue weighted by atomic mass is 35.5. The standard InChI is InChI=1S/C21H18ClN3O2/c1-25-19(14-18(24-25)16-10-4-6-12-20(16)27-2)21(26)23-13-7-9-15-8-3-5-11-17(15)22/h3-6,8,10-12,14H,13H2,1-2H3,(H,23,26). The number of hydrogen-bond acceptors (Lipinski definition) is 3. The molecular weight excluding hydrogens is 362 g/mol. The number of benzene rings is 2. The summed E-state index contributed by atoms with van der Waals surface area (Å²) >= 11 is 6.06. The lowest BCUT2D eigenvalue weighted by Crippen LogP contribution is -2.25. The molecule has 1 aromatic heterocycles. The second kappa shape index (κ2) is 8.43. The number of amides is 1. The normalized spacial score (nSPS) is 10.0. The maximum absolute atomic E-state index is 12.4. The molecule has 27 heavy (non-hydrogen) atoms. The minimum absolute atomic E-state index is 0.208. The minimum Gasteiger partial charge on any atom is -0.496 e. The van der Waals surface area contributed by atoms with Crippen LogP contribution < -0.4 is 10.1 Å². The van der Waals surface area contributed by atoms with Gasteiger partial charge in [-0.15, -0.1) is 0 Å². The Bertz CT molecular complexity index is 1030. The van der Waals surface area contributed by atoms with Crippen LogP contribution in [0.15, 0.2) is 54.6 Å². The summed E-state index contributed by atoms with van der Waals surface area (Å²) in [5.41, 5.74) is 2.67. The number of ether oxygens (including phenoxy) is 1. The number of carbonyl (C=O) groups excluding carboxylic acids is 1. The second-order valence-electron chi connectivity index (χ2n) is 5.70. The van der Waals surface area contributed by atoms with Gasteiger partial charge in [-0.25, -0.2) is 0 Å². The summed E-state index contributed by atoms with van der Waals surface area (Å²) in [6, 6.07) is 16.6. The smallest absolute Gasteiger partial charge is 0.270 e. The fourth-order valence-electron chi connectivity index (χ4n) is 2.58. The molecule has 3 rings (SSSR count). The van der Waals surface area contributed by atoms with Crippen molar-refractivity contribution in [2.24, 2.45) is 7.05 Å². The predicted molar refractivity (Wildman–Crippen MR) is 106 cm³/mol. The summed E-state index contributed by atoms with van der Waals surface area (Å²) in [5.74, 6) is 6.30. The van der Waals surface area contributed by atoms with Crippen molar-refractivity contribution in [2.45, 2.75) is 0 Å². The van der Waals surface area contributed by atoms with E-state index in [1.165, 1.54) is 0 Å². The molecule has 136 valence electrons. The first-order valence-electron chi connectivity index (χ1n) is 8.29. The number of aryl methyl sites for hydroxylation is 1. The monoisotopic (exact) mass is 379 g/mol. The number of nitrogens with zero attached hydrogens (tertiary/aromatic N) is 2. The lowest BCUT2D eigenvalue weighted by Gasteiger charge is -2.04. The topological polar surface area (TPSA) is 56.1 Å². The summed E-state index contributed by atoms with van der Waals surface area (Å²) in [4.78, 5) is 12.4. The van der Waals surface area contributed by atoms with Crippen molar-refractivity contribution in [2.75, 3.05) is 13.7 Å². The van der Waals surface area contributed by atoms with Crippen LogP contribution >= 0.6 is 11.6 Å². The average Bonchev–Trinajstić information content (AvgIpc) is 3.08. The Morgan fingerprint density at radius 3 is 2.74 bits per heavy atom. The van der Waals surface area contributed by atoms with Gasteiger partial charge in [0.2, 0.25) is 0 Å². The Hall–Kier alpha value is -3.23. The molecule has 1 heterocycles. The molecule has 0 aliphatic rings. The maximum Gasteiger partial charge on any atom is 0.270 e. The van der Waals surface area contributed by atoms with Gasteiger partial charge in [0.15, 0.2) is 0 Å². The Balaban J connectivity index is 1.71. The van der Waals surface area contributed by atoms with E-state index in [0.717, 1.165) is 11.1 Å². The SMILES string of the molecule is COc1ccccc1-c1cc(C(=O)NCC#Cc2ccccc2Cl)n(C)n1. The molecule has 0 atom stereocenters. The molecule has 0 radical (unpaired) electrons. The van der Waals surface area contributed by atoms with Crippen molar-refractivity contribution in [3.05, 3.63) is 70.9 Å². The maximum atomic E-state index is 12.4. The Morgan fingerprint density at radius 2 is 1.96 bits per heavy atom. The molecule has 1 amide bonds. The molecule has 0 saturated carbocycles. The number of hydrogen-bond donors (Lipinski definition) is 1. The summed E-state index contributed by atoms with van der Waals surface area (Å²) in [7, 11) is 3.33. The first-order chi connectivity index (χ1) is 13.1. The molecule has 3 aromatic rings. The van der Waals surface area contributed by atoms with Gasteiger partial charge >= 0.3 is 0 Å². The van der Waals surface area contributed by atoms with Crippen molar-refractivity contribution in [3.63, 3.8) is 0 Å². The van der Waals surface area contributed by atoms with Crippen LogP contribution in [0.2, 0.25) is 5.02 Å².